The highest BCUT2D eigenvalue weighted by molar-refractivity contribution is 7.98. The molecule has 0 spiro atoms. The van der Waals surface area contributed by atoms with Crippen LogP contribution in [-0.2, 0) is 0 Å². The lowest BCUT2D eigenvalue weighted by atomic mass is 9.98. The van der Waals surface area contributed by atoms with E-state index >= 15 is 0 Å². The second-order valence-corrected chi connectivity index (χ2v) is 4.19. The minimum atomic E-state index is -0.441. The van der Waals surface area contributed by atoms with Gasteiger partial charge in [0.25, 0.3) is 0 Å². The molecular weight excluding hydrogens is 192 g/mol. The molecule has 2 atom stereocenters. The Balaban J connectivity index is 2.80. The molecule has 0 radical (unpaired) electrons. The number of rotatable bonds is 4. The van der Waals surface area contributed by atoms with Gasteiger partial charge in [-0.05, 0) is 24.0 Å². The second kappa shape index (κ2) is 5.23. The summed E-state index contributed by atoms with van der Waals surface area (Å²) in [6.45, 7) is 5.64. The summed E-state index contributed by atoms with van der Waals surface area (Å²) in [5.74, 6) is 0.0927. The Hall–Kier alpha value is -0.730. The van der Waals surface area contributed by atoms with E-state index in [0.29, 0.717) is 0 Å². The van der Waals surface area contributed by atoms with Crippen LogP contribution in [0.4, 0.5) is 0 Å². The molecule has 0 amide bonds. The SMILES string of the molecule is C=CC(C)C(O)c1ccc(SC)cc1. The average molecular weight is 208 g/mol. The summed E-state index contributed by atoms with van der Waals surface area (Å²) in [6.07, 6.45) is 3.37. The van der Waals surface area contributed by atoms with Crippen LogP contribution in [0.25, 0.3) is 0 Å². The number of hydrogen-bond donors (Lipinski definition) is 1. The van der Waals surface area contributed by atoms with Crippen LogP contribution in [0.2, 0.25) is 0 Å². The van der Waals surface area contributed by atoms with Gasteiger partial charge in [-0.3, -0.25) is 0 Å². The summed E-state index contributed by atoms with van der Waals surface area (Å²) in [6, 6.07) is 7.99. The number of aliphatic hydroxyl groups excluding tert-OH is 1. The number of hydrogen-bond acceptors (Lipinski definition) is 2. The van der Waals surface area contributed by atoms with Gasteiger partial charge in [0.05, 0.1) is 6.10 Å². The van der Waals surface area contributed by atoms with E-state index in [2.05, 4.69) is 6.58 Å². The van der Waals surface area contributed by atoms with Crippen molar-refractivity contribution in [2.24, 2.45) is 5.92 Å². The van der Waals surface area contributed by atoms with Crippen molar-refractivity contribution >= 4 is 11.8 Å². The average Bonchev–Trinajstić information content (AvgIpc) is 2.27. The molecule has 76 valence electrons. The molecule has 0 aliphatic rings. The van der Waals surface area contributed by atoms with Gasteiger partial charge in [-0.25, -0.2) is 0 Å². The van der Waals surface area contributed by atoms with Crippen molar-refractivity contribution in [2.45, 2.75) is 17.9 Å². The molecule has 14 heavy (non-hydrogen) atoms. The molecule has 2 unspecified atom stereocenters. The predicted molar refractivity (Wildman–Crippen MR) is 62.5 cm³/mol. The van der Waals surface area contributed by atoms with Crippen molar-refractivity contribution < 1.29 is 5.11 Å². The monoisotopic (exact) mass is 208 g/mol. The fraction of sp³-hybridized carbons (Fsp3) is 0.333. The molecule has 2 heteroatoms. The van der Waals surface area contributed by atoms with Gasteiger partial charge >= 0.3 is 0 Å². The Morgan fingerprint density at radius 1 is 1.36 bits per heavy atom. The summed E-state index contributed by atoms with van der Waals surface area (Å²) < 4.78 is 0. The molecule has 0 bridgehead atoms. The molecular formula is C12H16OS. The van der Waals surface area contributed by atoms with E-state index in [1.54, 1.807) is 17.8 Å². The van der Waals surface area contributed by atoms with Gasteiger partial charge in [-0.1, -0.05) is 25.1 Å². The third-order valence-corrected chi connectivity index (χ3v) is 3.07. The van der Waals surface area contributed by atoms with Crippen LogP contribution in [0.3, 0.4) is 0 Å². The Bertz CT molecular complexity index is 292. The van der Waals surface area contributed by atoms with Crippen molar-refractivity contribution in [3.63, 3.8) is 0 Å². The molecule has 0 aliphatic carbocycles. The molecule has 1 nitrogen and oxygen atoms in total. The highest BCUT2D eigenvalue weighted by Crippen LogP contribution is 2.24. The summed E-state index contributed by atoms with van der Waals surface area (Å²) in [7, 11) is 0. The lowest BCUT2D eigenvalue weighted by Crippen LogP contribution is -2.05. The maximum atomic E-state index is 9.87. The number of thioether (sulfide) groups is 1. The minimum absolute atomic E-state index is 0.0927. The first-order valence-corrected chi connectivity index (χ1v) is 5.86. The molecule has 1 rings (SSSR count). The van der Waals surface area contributed by atoms with Gasteiger partial charge < -0.3 is 5.11 Å². The highest BCUT2D eigenvalue weighted by Gasteiger charge is 2.12. The first-order chi connectivity index (χ1) is 6.69. The van der Waals surface area contributed by atoms with Gasteiger partial charge in [-0.2, -0.15) is 0 Å². The Morgan fingerprint density at radius 3 is 2.36 bits per heavy atom. The van der Waals surface area contributed by atoms with Crippen molar-refractivity contribution in [3.05, 3.63) is 42.5 Å². The molecule has 0 saturated carbocycles. The highest BCUT2D eigenvalue weighted by atomic mass is 32.2. The van der Waals surface area contributed by atoms with Crippen LogP contribution in [0.5, 0.6) is 0 Å². The first kappa shape index (κ1) is 11.3. The van der Waals surface area contributed by atoms with E-state index in [0.717, 1.165) is 5.56 Å². The largest absolute Gasteiger partial charge is 0.388 e. The van der Waals surface area contributed by atoms with Gasteiger partial charge in [0.1, 0.15) is 0 Å². The Labute approximate surface area is 89.8 Å². The third kappa shape index (κ3) is 2.63. The third-order valence-electron chi connectivity index (χ3n) is 2.33. The maximum absolute atomic E-state index is 9.87. The Morgan fingerprint density at radius 2 is 1.93 bits per heavy atom. The summed E-state index contributed by atoms with van der Waals surface area (Å²) >= 11 is 1.70. The normalized spacial score (nSPS) is 14.8. The predicted octanol–water partition coefficient (Wildman–Crippen LogP) is 3.26. The van der Waals surface area contributed by atoms with Gasteiger partial charge in [-0.15, -0.1) is 18.3 Å². The topological polar surface area (TPSA) is 20.2 Å². The minimum Gasteiger partial charge on any atom is -0.388 e. The summed E-state index contributed by atoms with van der Waals surface area (Å²) in [5, 5.41) is 9.87. The molecule has 0 saturated heterocycles. The van der Waals surface area contributed by atoms with E-state index in [4.69, 9.17) is 0 Å². The fourth-order valence-corrected chi connectivity index (χ4v) is 1.64. The van der Waals surface area contributed by atoms with Crippen molar-refractivity contribution in [1.29, 1.82) is 0 Å². The van der Waals surface area contributed by atoms with Crippen LogP contribution < -0.4 is 0 Å². The van der Waals surface area contributed by atoms with Crippen LogP contribution in [0.1, 0.15) is 18.6 Å². The molecule has 1 N–H and O–H groups in total. The van der Waals surface area contributed by atoms with Crippen molar-refractivity contribution in [3.8, 4) is 0 Å². The van der Waals surface area contributed by atoms with E-state index < -0.39 is 6.10 Å². The second-order valence-electron chi connectivity index (χ2n) is 3.31. The fourth-order valence-electron chi connectivity index (χ4n) is 1.23. The molecule has 0 fully saturated rings. The smallest absolute Gasteiger partial charge is 0.0849 e. The zero-order valence-electron chi connectivity index (χ0n) is 8.60. The molecule has 1 aromatic rings. The van der Waals surface area contributed by atoms with Gasteiger partial charge in [0.2, 0.25) is 0 Å². The molecule has 0 aromatic heterocycles. The van der Waals surface area contributed by atoms with Crippen LogP contribution in [-0.4, -0.2) is 11.4 Å². The van der Waals surface area contributed by atoms with E-state index in [9.17, 15) is 5.11 Å². The summed E-state index contributed by atoms with van der Waals surface area (Å²) in [4.78, 5) is 1.22. The lowest BCUT2D eigenvalue weighted by molar-refractivity contribution is 0.140. The lowest BCUT2D eigenvalue weighted by Gasteiger charge is -2.15. The number of benzene rings is 1. The Kier molecular flexibility index (Phi) is 4.23. The first-order valence-electron chi connectivity index (χ1n) is 4.63. The van der Waals surface area contributed by atoms with Crippen LogP contribution in [0.15, 0.2) is 41.8 Å². The van der Waals surface area contributed by atoms with Gasteiger partial charge in [0, 0.05) is 10.8 Å². The van der Waals surface area contributed by atoms with E-state index in [1.165, 1.54) is 4.90 Å². The summed E-state index contributed by atoms with van der Waals surface area (Å²) in [5.41, 5.74) is 0.954. The molecule has 0 heterocycles. The van der Waals surface area contributed by atoms with E-state index in [1.807, 2.05) is 37.4 Å². The van der Waals surface area contributed by atoms with Crippen LogP contribution >= 0.6 is 11.8 Å². The van der Waals surface area contributed by atoms with Crippen molar-refractivity contribution in [2.75, 3.05) is 6.26 Å². The molecule has 0 aliphatic heterocycles. The quantitative estimate of drug-likeness (QED) is 0.605. The van der Waals surface area contributed by atoms with Crippen molar-refractivity contribution in [1.82, 2.24) is 0 Å². The van der Waals surface area contributed by atoms with E-state index in [-0.39, 0.29) is 5.92 Å². The van der Waals surface area contributed by atoms with Crippen LogP contribution in [0, 0.1) is 5.92 Å². The standard InChI is InChI=1S/C12H16OS/c1-4-9(2)12(13)10-5-7-11(14-3)8-6-10/h4-9,12-13H,1H2,2-3H3. The maximum Gasteiger partial charge on any atom is 0.0849 e. The number of aliphatic hydroxyl groups is 1. The molecule has 1 aromatic carbocycles. The zero-order valence-corrected chi connectivity index (χ0v) is 9.42. The zero-order chi connectivity index (χ0) is 10.6. The van der Waals surface area contributed by atoms with Gasteiger partial charge in [0.15, 0.2) is 0 Å².